The number of hydrogen-bond donors (Lipinski definition) is 1. The van der Waals surface area contributed by atoms with E-state index in [0.29, 0.717) is 12.5 Å². The molecule has 0 aromatic carbocycles. The van der Waals surface area contributed by atoms with Crippen LogP contribution in [0, 0.1) is 5.92 Å². The zero-order valence-electron chi connectivity index (χ0n) is 16.1. The van der Waals surface area contributed by atoms with Crippen molar-refractivity contribution in [1.29, 1.82) is 0 Å². The lowest BCUT2D eigenvalue weighted by atomic mass is 10.1. The van der Waals surface area contributed by atoms with Gasteiger partial charge in [-0.3, -0.25) is 4.79 Å². The highest BCUT2D eigenvalue weighted by Crippen LogP contribution is 2.17. The van der Waals surface area contributed by atoms with Crippen LogP contribution >= 0.6 is 0 Å². The minimum Gasteiger partial charge on any atom is -0.353 e. The number of nitrogens with one attached hydrogen (secondary N) is 1. The summed E-state index contributed by atoms with van der Waals surface area (Å²) in [7, 11) is 3.52. The summed E-state index contributed by atoms with van der Waals surface area (Å²) in [6, 6.07) is 0. The fourth-order valence-corrected chi connectivity index (χ4v) is 2.80. The van der Waals surface area contributed by atoms with Crippen LogP contribution in [0.2, 0.25) is 0 Å². The maximum atomic E-state index is 11.8. The van der Waals surface area contributed by atoms with E-state index in [2.05, 4.69) is 40.5 Å². The first-order valence-electron chi connectivity index (χ1n) is 8.97. The fraction of sp³-hybridized carbons (Fsp3) is 0.778. The minimum absolute atomic E-state index is 0.0171. The largest absolute Gasteiger partial charge is 0.353 e. The van der Waals surface area contributed by atoms with Crippen molar-refractivity contribution in [3.63, 3.8) is 0 Å². The van der Waals surface area contributed by atoms with Gasteiger partial charge in [-0.1, -0.05) is 26.0 Å². The molecule has 6 nitrogen and oxygen atoms in total. The van der Waals surface area contributed by atoms with Crippen molar-refractivity contribution >= 4 is 11.9 Å². The molecule has 1 atom stereocenters. The third-order valence-corrected chi connectivity index (χ3v) is 4.41. The van der Waals surface area contributed by atoms with Crippen molar-refractivity contribution < 1.29 is 4.79 Å². The van der Waals surface area contributed by atoms with Crippen LogP contribution in [0.3, 0.4) is 0 Å². The predicted octanol–water partition coefficient (Wildman–Crippen LogP) is 1.26. The Morgan fingerprint density at radius 3 is 2.54 bits per heavy atom. The Hall–Kier alpha value is -1.56. The zero-order chi connectivity index (χ0) is 18.1. The van der Waals surface area contributed by atoms with E-state index in [9.17, 15) is 4.79 Å². The molecule has 1 amide bonds. The van der Waals surface area contributed by atoms with Gasteiger partial charge in [0.25, 0.3) is 0 Å². The molecule has 1 unspecified atom stereocenters. The molecule has 0 aromatic heterocycles. The number of hydrogen-bond acceptors (Lipinski definition) is 3. The van der Waals surface area contributed by atoms with Crippen LogP contribution < -0.4 is 5.32 Å². The normalized spacial score (nSPS) is 18.2. The van der Waals surface area contributed by atoms with Crippen LogP contribution in [0.15, 0.2) is 17.1 Å². The first-order chi connectivity index (χ1) is 11.4. The van der Waals surface area contributed by atoms with E-state index in [1.165, 1.54) is 6.42 Å². The highest BCUT2D eigenvalue weighted by atomic mass is 16.2. The van der Waals surface area contributed by atoms with Gasteiger partial charge in [-0.05, 0) is 32.4 Å². The number of likely N-dealkylation sites (tertiary alicyclic amines) is 1. The lowest BCUT2D eigenvalue weighted by Gasteiger charge is -2.25. The second kappa shape index (κ2) is 10.3. The third kappa shape index (κ3) is 6.91. The molecule has 1 heterocycles. The average Bonchev–Trinajstić information content (AvgIpc) is 3.00. The molecule has 0 aliphatic carbocycles. The van der Waals surface area contributed by atoms with Crippen LogP contribution in [0.1, 0.15) is 27.2 Å². The first kappa shape index (κ1) is 20.5. The molecule has 0 radical (unpaired) electrons. The standard InChI is InChI=1S/C18H35N5O/c1-7-22(8-2)13-16-9-10-23(14-16)18(19-11-15(3)4)20-12-17(24)21(5)6/h16H,3,7-14H2,1-2,4-6H3,(H,19,20). The molecule has 6 heteroatoms. The zero-order valence-corrected chi connectivity index (χ0v) is 16.1. The molecule has 1 aliphatic heterocycles. The Kier molecular flexibility index (Phi) is 8.82. The van der Waals surface area contributed by atoms with Gasteiger partial charge < -0.3 is 20.0 Å². The van der Waals surface area contributed by atoms with Crippen molar-refractivity contribution in [2.75, 3.05) is 59.9 Å². The quantitative estimate of drug-likeness (QED) is 0.412. The van der Waals surface area contributed by atoms with Gasteiger partial charge in [0.05, 0.1) is 0 Å². The number of carbonyl (C=O) groups is 1. The molecule has 0 bridgehead atoms. The van der Waals surface area contributed by atoms with E-state index in [1.54, 1.807) is 19.0 Å². The summed E-state index contributed by atoms with van der Waals surface area (Å²) in [5.41, 5.74) is 1.06. The van der Waals surface area contributed by atoms with E-state index in [0.717, 1.165) is 44.3 Å². The van der Waals surface area contributed by atoms with Gasteiger partial charge in [0, 0.05) is 40.3 Å². The van der Waals surface area contributed by atoms with Crippen LogP contribution in [-0.2, 0) is 4.79 Å². The van der Waals surface area contributed by atoms with Crippen LogP contribution in [0.4, 0.5) is 0 Å². The Bertz CT molecular complexity index is 443. The molecule has 1 saturated heterocycles. The van der Waals surface area contributed by atoms with Gasteiger partial charge >= 0.3 is 0 Å². The Labute approximate surface area is 147 Å². The van der Waals surface area contributed by atoms with Crippen molar-refractivity contribution in [3.8, 4) is 0 Å². The molecule has 0 aromatic rings. The number of guanidine groups is 1. The molecule has 0 spiro atoms. The third-order valence-electron chi connectivity index (χ3n) is 4.41. The van der Waals surface area contributed by atoms with Gasteiger partial charge in [0.15, 0.2) is 5.96 Å². The summed E-state index contributed by atoms with van der Waals surface area (Å²) in [6.45, 7) is 16.5. The Morgan fingerprint density at radius 1 is 1.33 bits per heavy atom. The van der Waals surface area contributed by atoms with E-state index in [1.807, 2.05) is 6.92 Å². The van der Waals surface area contributed by atoms with Crippen LogP contribution in [-0.4, -0.2) is 86.5 Å². The fourth-order valence-electron chi connectivity index (χ4n) is 2.80. The lowest BCUT2D eigenvalue weighted by Crippen LogP contribution is -2.42. The summed E-state index contributed by atoms with van der Waals surface area (Å²) < 4.78 is 0. The first-order valence-corrected chi connectivity index (χ1v) is 8.97. The summed E-state index contributed by atoms with van der Waals surface area (Å²) in [5, 5.41) is 3.35. The molecule has 1 N–H and O–H groups in total. The molecular weight excluding hydrogens is 302 g/mol. The number of nitrogens with zero attached hydrogens (tertiary/aromatic N) is 4. The van der Waals surface area contributed by atoms with Crippen LogP contribution in [0.25, 0.3) is 0 Å². The van der Waals surface area contributed by atoms with Crippen molar-refractivity contribution in [1.82, 2.24) is 20.0 Å². The predicted molar refractivity (Wildman–Crippen MR) is 101 cm³/mol. The maximum absolute atomic E-state index is 11.8. The number of amides is 1. The van der Waals surface area contributed by atoms with E-state index in [-0.39, 0.29) is 12.5 Å². The van der Waals surface area contributed by atoms with Gasteiger partial charge in [-0.15, -0.1) is 0 Å². The molecular formula is C18H35N5O. The van der Waals surface area contributed by atoms with Crippen molar-refractivity contribution in [2.24, 2.45) is 10.9 Å². The molecule has 1 fully saturated rings. The summed E-state index contributed by atoms with van der Waals surface area (Å²) in [6.07, 6.45) is 1.17. The molecule has 24 heavy (non-hydrogen) atoms. The van der Waals surface area contributed by atoms with E-state index < -0.39 is 0 Å². The van der Waals surface area contributed by atoms with Gasteiger partial charge in [-0.25, -0.2) is 4.99 Å². The lowest BCUT2D eigenvalue weighted by molar-refractivity contribution is -0.127. The van der Waals surface area contributed by atoms with Crippen molar-refractivity contribution in [3.05, 3.63) is 12.2 Å². The summed E-state index contributed by atoms with van der Waals surface area (Å²) in [4.78, 5) is 22.7. The van der Waals surface area contributed by atoms with Gasteiger partial charge in [0.2, 0.25) is 5.91 Å². The Morgan fingerprint density at radius 2 is 2.00 bits per heavy atom. The highest BCUT2D eigenvalue weighted by molar-refractivity contribution is 5.85. The average molecular weight is 338 g/mol. The van der Waals surface area contributed by atoms with Gasteiger partial charge in [-0.2, -0.15) is 0 Å². The number of carbonyl (C=O) groups excluding carboxylic acids is 1. The smallest absolute Gasteiger partial charge is 0.243 e. The van der Waals surface area contributed by atoms with Crippen LogP contribution in [0.5, 0.6) is 0 Å². The Balaban J connectivity index is 2.68. The molecule has 1 aliphatic rings. The SMILES string of the molecule is C=C(C)CNC(=NCC(=O)N(C)C)N1CCC(CN(CC)CC)C1. The second-order valence-electron chi connectivity index (χ2n) is 6.83. The van der Waals surface area contributed by atoms with E-state index in [4.69, 9.17) is 0 Å². The summed E-state index contributed by atoms with van der Waals surface area (Å²) in [5.74, 6) is 1.50. The van der Waals surface area contributed by atoms with E-state index >= 15 is 0 Å². The van der Waals surface area contributed by atoms with Gasteiger partial charge in [0.1, 0.15) is 6.54 Å². The minimum atomic E-state index is 0.0171. The summed E-state index contributed by atoms with van der Waals surface area (Å²) >= 11 is 0. The number of rotatable bonds is 8. The number of aliphatic imine (C=N–C) groups is 1. The monoisotopic (exact) mass is 337 g/mol. The molecule has 138 valence electrons. The second-order valence-corrected chi connectivity index (χ2v) is 6.83. The topological polar surface area (TPSA) is 51.2 Å². The maximum Gasteiger partial charge on any atom is 0.243 e. The molecule has 1 rings (SSSR count). The highest BCUT2D eigenvalue weighted by Gasteiger charge is 2.26. The molecule has 0 saturated carbocycles. The van der Waals surface area contributed by atoms with Crippen molar-refractivity contribution in [2.45, 2.75) is 27.2 Å². The number of likely N-dealkylation sites (N-methyl/N-ethyl adjacent to an activating group) is 1.